The van der Waals surface area contributed by atoms with Crippen LogP contribution in [0.5, 0.6) is 0 Å². The van der Waals surface area contributed by atoms with Gasteiger partial charge in [-0.3, -0.25) is 19.6 Å². The highest BCUT2D eigenvalue weighted by atomic mass is 16.5. The summed E-state index contributed by atoms with van der Waals surface area (Å²) in [6.07, 6.45) is 7.38. The molecule has 9 heteroatoms. The van der Waals surface area contributed by atoms with Crippen molar-refractivity contribution in [2.24, 2.45) is 0 Å². The first-order chi connectivity index (χ1) is 18.4. The minimum Gasteiger partial charge on any atom is -0.391 e. The van der Waals surface area contributed by atoms with Gasteiger partial charge in [-0.05, 0) is 68.3 Å². The lowest BCUT2D eigenvalue weighted by Gasteiger charge is -2.20. The molecule has 2 aromatic carbocycles. The van der Waals surface area contributed by atoms with E-state index in [0.717, 1.165) is 18.4 Å². The molecule has 2 atom stereocenters. The maximum Gasteiger partial charge on any atom is 0.268 e. The van der Waals surface area contributed by atoms with E-state index in [4.69, 9.17) is 5.21 Å². The van der Waals surface area contributed by atoms with Crippen molar-refractivity contribution in [3.8, 4) is 11.8 Å². The molecule has 39 heavy (non-hydrogen) atoms. The Bertz CT molecular complexity index is 1130. The van der Waals surface area contributed by atoms with E-state index in [1.54, 1.807) is 24.3 Å². The zero-order valence-electron chi connectivity index (χ0n) is 21.6. The van der Waals surface area contributed by atoms with Gasteiger partial charge in [-0.1, -0.05) is 51.4 Å². The summed E-state index contributed by atoms with van der Waals surface area (Å²) in [5, 5.41) is 27.1. The number of hydrogen-bond acceptors (Lipinski definition) is 6. The third-order valence-electron chi connectivity index (χ3n) is 6.49. The quantitative estimate of drug-likeness (QED) is 0.174. The molecule has 1 aliphatic rings. The molecule has 0 radical (unpaired) electrons. The van der Waals surface area contributed by atoms with Crippen LogP contribution in [0.4, 0.5) is 5.69 Å². The Morgan fingerprint density at radius 2 is 1.44 bits per heavy atom. The first-order valence-corrected chi connectivity index (χ1v) is 13.0. The van der Waals surface area contributed by atoms with E-state index >= 15 is 0 Å². The number of amides is 3. The fourth-order valence-electron chi connectivity index (χ4n) is 4.29. The maximum atomic E-state index is 12.4. The summed E-state index contributed by atoms with van der Waals surface area (Å²) < 4.78 is 0. The molecule has 3 amide bonds. The Balaban J connectivity index is 0.00000533. The van der Waals surface area contributed by atoms with Crippen LogP contribution >= 0.6 is 0 Å². The second-order valence-electron chi connectivity index (χ2n) is 9.54. The lowest BCUT2D eigenvalue weighted by atomic mass is 9.97. The van der Waals surface area contributed by atoms with E-state index in [9.17, 15) is 19.5 Å². The van der Waals surface area contributed by atoms with Gasteiger partial charge in [0.1, 0.15) is 6.04 Å². The van der Waals surface area contributed by atoms with Crippen LogP contribution < -0.4 is 21.4 Å². The number of aliphatic hydroxyl groups is 1. The second-order valence-corrected chi connectivity index (χ2v) is 9.54. The number of carbonyl (C=O) groups is 3. The molecule has 0 unspecified atom stereocenters. The highest BCUT2D eigenvalue weighted by Gasteiger charge is 2.25. The van der Waals surface area contributed by atoms with Crippen molar-refractivity contribution in [2.75, 3.05) is 11.9 Å². The average Bonchev–Trinajstić information content (AvgIpc) is 2.90. The molecule has 9 nitrogen and oxygen atoms in total. The van der Waals surface area contributed by atoms with Crippen molar-refractivity contribution in [3.63, 3.8) is 0 Å². The Hall–Kier alpha value is -3.71. The Labute approximate surface area is 230 Å². The summed E-state index contributed by atoms with van der Waals surface area (Å²) in [6, 6.07) is 12.9. The van der Waals surface area contributed by atoms with Crippen molar-refractivity contribution in [1.29, 1.82) is 0 Å². The Kier molecular flexibility index (Phi) is 13.2. The van der Waals surface area contributed by atoms with Crippen LogP contribution in [0.1, 0.15) is 80.8 Å². The first kappa shape index (κ1) is 31.5. The van der Waals surface area contributed by atoms with E-state index in [0.29, 0.717) is 23.8 Å². The number of anilines is 1. The lowest BCUT2D eigenvalue weighted by molar-refractivity contribution is -0.133. The van der Waals surface area contributed by atoms with Crippen LogP contribution in [0.3, 0.4) is 0 Å². The minimum atomic E-state index is -1.29. The fraction of sp³-hybridized carbons (Fsp3) is 0.433. The van der Waals surface area contributed by atoms with Crippen LogP contribution in [0.15, 0.2) is 48.5 Å². The molecule has 1 fully saturated rings. The molecular formula is C30H40N4O5. The third kappa shape index (κ3) is 10.5. The average molecular weight is 537 g/mol. The lowest BCUT2D eigenvalue weighted by Crippen LogP contribution is -2.51. The van der Waals surface area contributed by atoms with Gasteiger partial charge < -0.3 is 21.1 Å². The van der Waals surface area contributed by atoms with Crippen molar-refractivity contribution in [3.05, 3.63) is 65.2 Å². The highest BCUT2D eigenvalue weighted by Crippen LogP contribution is 2.17. The number of benzene rings is 2. The largest absolute Gasteiger partial charge is 0.391 e. The first-order valence-electron chi connectivity index (χ1n) is 13.0. The summed E-state index contributed by atoms with van der Waals surface area (Å²) >= 11 is 0. The molecule has 0 aromatic heterocycles. The molecular weight excluding hydrogens is 496 g/mol. The van der Waals surface area contributed by atoms with Gasteiger partial charge in [0.15, 0.2) is 0 Å². The number of hydrogen-bond donors (Lipinski definition) is 6. The summed E-state index contributed by atoms with van der Waals surface area (Å²) in [7, 11) is 0. The molecule has 0 aliphatic heterocycles. The van der Waals surface area contributed by atoms with E-state index in [1.807, 2.05) is 24.3 Å². The van der Waals surface area contributed by atoms with Crippen molar-refractivity contribution in [2.45, 2.75) is 77.5 Å². The molecule has 0 spiro atoms. The number of hydroxylamine groups is 1. The molecule has 0 bridgehead atoms. The van der Waals surface area contributed by atoms with Gasteiger partial charge in [-0.2, -0.15) is 0 Å². The minimum absolute atomic E-state index is 0. The van der Waals surface area contributed by atoms with Gasteiger partial charge in [0.05, 0.1) is 12.6 Å². The number of rotatable bonds is 8. The summed E-state index contributed by atoms with van der Waals surface area (Å²) in [5.41, 5.74) is 3.86. The predicted octanol–water partition coefficient (Wildman–Crippen LogP) is 3.35. The topological polar surface area (TPSA) is 140 Å². The molecule has 3 rings (SSSR count). The van der Waals surface area contributed by atoms with Gasteiger partial charge in [-0.15, -0.1) is 0 Å². The standard InChI is InChI=1S/C29H36N4O5.CH4/c1-20(34)27(29(37)33-38)32-28(36)23-15-11-21(12-16-23)9-10-22-13-17-25(18-14-22)31-26(35)19-30-24-7-5-3-2-4-6-8-24;/h11-18,20,24,27,30,34,38H,2-8,19H2,1H3,(H,31,35)(H,32,36)(H,33,37);1H4/t20-,27+;/m1./s1. The van der Waals surface area contributed by atoms with Crippen molar-refractivity contribution in [1.82, 2.24) is 16.1 Å². The summed E-state index contributed by atoms with van der Waals surface area (Å²) in [6.45, 7) is 1.63. The Morgan fingerprint density at radius 3 is 1.97 bits per heavy atom. The van der Waals surface area contributed by atoms with E-state index in [-0.39, 0.29) is 18.9 Å². The fourth-order valence-corrected chi connectivity index (χ4v) is 4.29. The normalized spacial score (nSPS) is 15.2. The van der Waals surface area contributed by atoms with Crippen molar-refractivity contribution >= 4 is 23.4 Å². The summed E-state index contributed by atoms with van der Waals surface area (Å²) in [5.74, 6) is 4.52. The smallest absolute Gasteiger partial charge is 0.268 e. The zero-order chi connectivity index (χ0) is 27.3. The number of carbonyl (C=O) groups excluding carboxylic acids is 3. The van der Waals surface area contributed by atoms with Gasteiger partial charge in [-0.25, -0.2) is 5.48 Å². The molecule has 6 N–H and O–H groups in total. The van der Waals surface area contributed by atoms with Crippen LogP contribution in [0.2, 0.25) is 0 Å². The summed E-state index contributed by atoms with van der Waals surface area (Å²) in [4.78, 5) is 36.3. The highest BCUT2D eigenvalue weighted by molar-refractivity contribution is 5.97. The molecule has 0 heterocycles. The van der Waals surface area contributed by atoms with Gasteiger partial charge in [0.2, 0.25) is 5.91 Å². The van der Waals surface area contributed by atoms with Crippen LogP contribution in [-0.4, -0.2) is 52.8 Å². The number of nitrogens with one attached hydrogen (secondary N) is 4. The molecule has 1 aliphatic carbocycles. The SMILES string of the molecule is C.C[C@@H](O)[C@H](NC(=O)c1ccc(C#Cc2ccc(NC(=O)CNC3CCCCCCC3)cc2)cc1)C(=O)NO. The van der Waals surface area contributed by atoms with E-state index in [2.05, 4.69) is 27.8 Å². The van der Waals surface area contributed by atoms with Crippen LogP contribution in [-0.2, 0) is 9.59 Å². The molecule has 1 saturated carbocycles. The van der Waals surface area contributed by atoms with Crippen LogP contribution in [0.25, 0.3) is 0 Å². The molecule has 2 aromatic rings. The zero-order valence-corrected chi connectivity index (χ0v) is 21.6. The maximum absolute atomic E-state index is 12.4. The monoisotopic (exact) mass is 536 g/mol. The number of aliphatic hydroxyl groups excluding tert-OH is 1. The van der Waals surface area contributed by atoms with Crippen molar-refractivity contribution < 1.29 is 24.7 Å². The van der Waals surface area contributed by atoms with Crippen LogP contribution in [0, 0.1) is 11.8 Å². The third-order valence-corrected chi connectivity index (χ3v) is 6.49. The van der Waals surface area contributed by atoms with Gasteiger partial charge in [0, 0.05) is 28.4 Å². The van der Waals surface area contributed by atoms with Gasteiger partial charge in [0.25, 0.3) is 11.8 Å². The Morgan fingerprint density at radius 1 is 0.897 bits per heavy atom. The van der Waals surface area contributed by atoms with E-state index in [1.165, 1.54) is 44.5 Å². The molecule has 0 saturated heterocycles. The van der Waals surface area contributed by atoms with E-state index < -0.39 is 24.0 Å². The predicted molar refractivity (Wildman–Crippen MR) is 151 cm³/mol. The molecule has 210 valence electrons. The van der Waals surface area contributed by atoms with Gasteiger partial charge >= 0.3 is 0 Å². The second kappa shape index (κ2) is 16.3.